The van der Waals surface area contributed by atoms with E-state index in [9.17, 15) is 8.42 Å². The number of hydrogen-bond donors (Lipinski definition) is 1. The molecule has 5 nitrogen and oxygen atoms in total. The zero-order chi connectivity index (χ0) is 10.8. The molecule has 0 radical (unpaired) electrons. The van der Waals surface area contributed by atoms with E-state index in [0.717, 1.165) is 19.6 Å². The summed E-state index contributed by atoms with van der Waals surface area (Å²) in [6.07, 6.45) is 0. The van der Waals surface area contributed by atoms with Gasteiger partial charge in [0.05, 0.1) is 0 Å². The van der Waals surface area contributed by atoms with E-state index in [4.69, 9.17) is 5.14 Å². The highest BCUT2D eigenvalue weighted by Gasteiger charge is 2.23. The van der Waals surface area contributed by atoms with Gasteiger partial charge in [-0.05, 0) is 5.92 Å². The lowest BCUT2D eigenvalue weighted by atomic mass is 10.2. The summed E-state index contributed by atoms with van der Waals surface area (Å²) in [6.45, 7) is 7.96. The van der Waals surface area contributed by atoms with Crippen molar-refractivity contribution in [2.75, 3.05) is 32.7 Å². The molecule has 0 saturated carbocycles. The Labute approximate surface area is 86.0 Å². The molecule has 1 rings (SSSR count). The van der Waals surface area contributed by atoms with Gasteiger partial charge in [0, 0.05) is 32.7 Å². The number of nitrogens with zero attached hydrogens (tertiary/aromatic N) is 2. The molecule has 84 valence electrons. The average Bonchev–Trinajstić information content (AvgIpc) is 2.02. The first kappa shape index (κ1) is 11.9. The van der Waals surface area contributed by atoms with Crippen molar-refractivity contribution in [3.63, 3.8) is 0 Å². The quantitative estimate of drug-likeness (QED) is 0.696. The average molecular weight is 221 g/mol. The Bertz CT molecular complexity index is 268. The van der Waals surface area contributed by atoms with Gasteiger partial charge >= 0.3 is 0 Å². The molecule has 0 aromatic carbocycles. The van der Waals surface area contributed by atoms with Gasteiger partial charge in [0.15, 0.2) is 0 Å². The van der Waals surface area contributed by atoms with Gasteiger partial charge in [-0.3, -0.25) is 0 Å². The van der Waals surface area contributed by atoms with Crippen LogP contribution >= 0.6 is 0 Å². The summed E-state index contributed by atoms with van der Waals surface area (Å²) < 4.78 is 23.3. The molecule has 0 aromatic rings. The van der Waals surface area contributed by atoms with Crippen LogP contribution in [-0.4, -0.2) is 50.3 Å². The van der Waals surface area contributed by atoms with Crippen molar-refractivity contribution in [3.05, 3.63) is 0 Å². The van der Waals surface area contributed by atoms with Crippen LogP contribution in [0.4, 0.5) is 0 Å². The van der Waals surface area contributed by atoms with Crippen molar-refractivity contribution in [3.8, 4) is 0 Å². The second-order valence-electron chi connectivity index (χ2n) is 4.14. The number of hydrogen-bond acceptors (Lipinski definition) is 3. The Balaban J connectivity index is 2.39. The highest BCUT2D eigenvalue weighted by atomic mass is 32.2. The second-order valence-corrected chi connectivity index (χ2v) is 5.68. The topological polar surface area (TPSA) is 66.6 Å². The molecule has 1 heterocycles. The molecule has 1 aliphatic rings. The van der Waals surface area contributed by atoms with Gasteiger partial charge in [0.2, 0.25) is 0 Å². The van der Waals surface area contributed by atoms with E-state index >= 15 is 0 Å². The monoisotopic (exact) mass is 221 g/mol. The Hall–Kier alpha value is -0.170. The van der Waals surface area contributed by atoms with Gasteiger partial charge < -0.3 is 4.90 Å². The first-order chi connectivity index (χ1) is 6.39. The largest absolute Gasteiger partial charge is 0.300 e. The third-order valence-corrected chi connectivity index (χ3v) is 3.40. The van der Waals surface area contributed by atoms with Crippen molar-refractivity contribution in [2.45, 2.75) is 13.8 Å². The van der Waals surface area contributed by atoms with Crippen LogP contribution in [0.25, 0.3) is 0 Å². The van der Waals surface area contributed by atoms with Crippen LogP contribution in [0.3, 0.4) is 0 Å². The highest BCUT2D eigenvalue weighted by molar-refractivity contribution is 7.86. The van der Waals surface area contributed by atoms with Crippen molar-refractivity contribution in [1.82, 2.24) is 9.21 Å². The van der Waals surface area contributed by atoms with E-state index in [1.807, 2.05) is 0 Å². The molecular weight excluding hydrogens is 202 g/mol. The highest BCUT2D eigenvalue weighted by Crippen LogP contribution is 2.06. The minimum atomic E-state index is -3.47. The maximum atomic E-state index is 11.0. The van der Waals surface area contributed by atoms with Gasteiger partial charge in [-0.1, -0.05) is 13.8 Å². The summed E-state index contributed by atoms with van der Waals surface area (Å²) >= 11 is 0. The number of piperazine rings is 1. The van der Waals surface area contributed by atoms with E-state index < -0.39 is 10.2 Å². The zero-order valence-electron chi connectivity index (χ0n) is 8.81. The molecule has 2 N–H and O–H groups in total. The molecule has 0 unspecified atom stereocenters. The molecule has 0 aliphatic carbocycles. The normalized spacial score (nSPS) is 21.7. The molecule has 0 spiro atoms. The standard InChI is InChI=1S/C8H19N3O2S/c1-8(2)7-10-3-5-11(6-4-10)14(9,12)13/h8H,3-7H2,1-2H3,(H2,9,12,13). The fraction of sp³-hybridized carbons (Fsp3) is 1.00. The Kier molecular flexibility index (Phi) is 3.88. The van der Waals surface area contributed by atoms with Crippen LogP contribution in [0.2, 0.25) is 0 Å². The van der Waals surface area contributed by atoms with Crippen LogP contribution < -0.4 is 5.14 Å². The van der Waals surface area contributed by atoms with E-state index in [2.05, 4.69) is 18.7 Å². The minimum Gasteiger partial charge on any atom is -0.300 e. The van der Waals surface area contributed by atoms with E-state index in [0.29, 0.717) is 19.0 Å². The van der Waals surface area contributed by atoms with Crippen molar-refractivity contribution < 1.29 is 8.42 Å². The lowest BCUT2D eigenvalue weighted by molar-refractivity contribution is 0.172. The summed E-state index contributed by atoms with van der Waals surface area (Å²) in [6, 6.07) is 0. The summed E-state index contributed by atoms with van der Waals surface area (Å²) in [5, 5.41) is 5.04. The van der Waals surface area contributed by atoms with Gasteiger partial charge in [-0.2, -0.15) is 12.7 Å². The molecule has 0 amide bonds. The molecule has 1 aliphatic heterocycles. The van der Waals surface area contributed by atoms with E-state index in [-0.39, 0.29) is 0 Å². The van der Waals surface area contributed by atoms with Crippen LogP contribution in [0.5, 0.6) is 0 Å². The number of rotatable bonds is 3. The zero-order valence-corrected chi connectivity index (χ0v) is 9.63. The SMILES string of the molecule is CC(C)CN1CCN(S(N)(=O)=O)CC1. The van der Waals surface area contributed by atoms with Gasteiger partial charge in [-0.15, -0.1) is 0 Å². The first-order valence-corrected chi connectivity index (χ1v) is 6.40. The molecule has 6 heteroatoms. The Morgan fingerprint density at radius 3 is 2.07 bits per heavy atom. The number of nitrogens with two attached hydrogens (primary N) is 1. The van der Waals surface area contributed by atoms with Crippen LogP contribution in [-0.2, 0) is 10.2 Å². The molecule has 14 heavy (non-hydrogen) atoms. The van der Waals surface area contributed by atoms with E-state index in [1.165, 1.54) is 4.31 Å². The third kappa shape index (κ3) is 3.53. The molecular formula is C8H19N3O2S. The molecule has 1 fully saturated rings. The predicted octanol–water partition coefficient (Wildman–Crippen LogP) is -0.536. The fourth-order valence-corrected chi connectivity index (χ4v) is 2.36. The molecule has 1 saturated heterocycles. The van der Waals surface area contributed by atoms with Crippen molar-refractivity contribution in [1.29, 1.82) is 0 Å². The van der Waals surface area contributed by atoms with Crippen LogP contribution in [0, 0.1) is 5.92 Å². The Morgan fingerprint density at radius 1 is 1.21 bits per heavy atom. The van der Waals surface area contributed by atoms with Gasteiger partial charge in [-0.25, -0.2) is 5.14 Å². The van der Waals surface area contributed by atoms with Crippen molar-refractivity contribution in [2.24, 2.45) is 11.1 Å². The van der Waals surface area contributed by atoms with Crippen molar-refractivity contribution >= 4 is 10.2 Å². The molecule has 0 aromatic heterocycles. The minimum absolute atomic E-state index is 0.519. The smallest absolute Gasteiger partial charge is 0.276 e. The fourth-order valence-electron chi connectivity index (χ4n) is 1.68. The third-order valence-electron chi connectivity index (χ3n) is 2.31. The van der Waals surface area contributed by atoms with E-state index in [1.54, 1.807) is 0 Å². The first-order valence-electron chi connectivity index (χ1n) is 4.90. The molecule has 0 atom stereocenters. The van der Waals surface area contributed by atoms with Gasteiger partial charge in [0.1, 0.15) is 0 Å². The van der Waals surface area contributed by atoms with Gasteiger partial charge in [0.25, 0.3) is 10.2 Å². The molecule has 0 bridgehead atoms. The maximum Gasteiger partial charge on any atom is 0.276 e. The van der Waals surface area contributed by atoms with Crippen LogP contribution in [0.15, 0.2) is 0 Å². The summed E-state index contributed by atoms with van der Waals surface area (Å²) in [5.74, 6) is 0.621. The van der Waals surface area contributed by atoms with Crippen LogP contribution in [0.1, 0.15) is 13.8 Å². The Morgan fingerprint density at radius 2 is 1.71 bits per heavy atom. The lowest BCUT2D eigenvalue weighted by Gasteiger charge is -2.33. The predicted molar refractivity (Wildman–Crippen MR) is 56.0 cm³/mol. The second kappa shape index (κ2) is 4.57. The summed E-state index contributed by atoms with van der Waals surface area (Å²) in [4.78, 5) is 2.27. The lowest BCUT2D eigenvalue weighted by Crippen LogP contribution is -2.51. The maximum absolute atomic E-state index is 11.0. The summed E-state index contributed by atoms with van der Waals surface area (Å²) in [5.41, 5.74) is 0. The summed E-state index contributed by atoms with van der Waals surface area (Å²) in [7, 11) is -3.47.